The van der Waals surface area contributed by atoms with Crippen LogP contribution in [-0.2, 0) is 30.3 Å². The van der Waals surface area contributed by atoms with E-state index in [1.807, 2.05) is 67.8 Å². The van der Waals surface area contributed by atoms with Crippen molar-refractivity contribution in [3.8, 4) is 0 Å². The molecule has 278 valence electrons. The molecule has 10 heteroatoms. The molecule has 0 heterocycles. The molecule has 2 N–H and O–H groups in total. The van der Waals surface area contributed by atoms with Gasteiger partial charge in [-0.3, -0.25) is 9.59 Å². The van der Waals surface area contributed by atoms with Crippen LogP contribution < -0.4 is 10.6 Å². The van der Waals surface area contributed by atoms with Crippen molar-refractivity contribution in [1.29, 1.82) is 0 Å². The van der Waals surface area contributed by atoms with Crippen LogP contribution in [0.2, 0.25) is 0 Å². The van der Waals surface area contributed by atoms with E-state index in [0.717, 1.165) is 43.2 Å². The number of rotatable bonds is 19. The molecule has 3 unspecified atom stereocenters. The largest absolute Gasteiger partial charge is 0.458 e. The van der Waals surface area contributed by atoms with Gasteiger partial charge in [-0.05, 0) is 84.4 Å². The summed E-state index contributed by atoms with van der Waals surface area (Å²) >= 11 is 1.56. The number of esters is 1. The first kappa shape index (κ1) is 42.6. The fourth-order valence-electron chi connectivity index (χ4n) is 5.46. The van der Waals surface area contributed by atoms with Crippen LogP contribution in [0.4, 0.5) is 4.79 Å². The summed E-state index contributed by atoms with van der Waals surface area (Å²) in [4.78, 5) is 57.5. The topological polar surface area (TPSA) is 114 Å². The summed E-state index contributed by atoms with van der Waals surface area (Å²) in [6.07, 6.45) is 7.74. The summed E-state index contributed by atoms with van der Waals surface area (Å²) in [5, 5.41) is 5.79. The van der Waals surface area contributed by atoms with Gasteiger partial charge in [-0.2, -0.15) is 11.8 Å². The summed E-state index contributed by atoms with van der Waals surface area (Å²) in [7, 11) is 0. The number of amides is 3. The fourth-order valence-corrected chi connectivity index (χ4v) is 5.93. The number of aryl methyl sites for hydroxylation is 1. The minimum Gasteiger partial charge on any atom is -0.458 e. The molecular weight excluding hydrogens is 651 g/mol. The van der Waals surface area contributed by atoms with Crippen LogP contribution in [-0.4, -0.2) is 70.6 Å². The molecule has 0 spiro atoms. The molecule has 50 heavy (non-hydrogen) atoms. The van der Waals surface area contributed by atoms with Gasteiger partial charge < -0.3 is 25.0 Å². The highest BCUT2D eigenvalue weighted by Crippen LogP contribution is 2.26. The Kier molecular flexibility index (Phi) is 17.9. The van der Waals surface area contributed by atoms with Crippen molar-refractivity contribution in [2.75, 3.05) is 18.6 Å². The molecule has 0 aliphatic rings. The van der Waals surface area contributed by atoms with Crippen LogP contribution in [0.5, 0.6) is 0 Å². The number of benzene rings is 2. The summed E-state index contributed by atoms with van der Waals surface area (Å²) < 4.78 is 11.3. The Hall–Kier alpha value is -3.53. The molecule has 0 saturated carbocycles. The van der Waals surface area contributed by atoms with Gasteiger partial charge >= 0.3 is 12.1 Å². The fraction of sp³-hybridized carbons (Fsp3) is 0.600. The number of nitrogens with one attached hydrogen (secondary N) is 2. The Morgan fingerprint density at radius 1 is 0.780 bits per heavy atom. The van der Waals surface area contributed by atoms with E-state index < -0.39 is 47.3 Å². The number of carbonyl (C=O) groups is 4. The van der Waals surface area contributed by atoms with E-state index in [4.69, 9.17) is 9.47 Å². The lowest BCUT2D eigenvalue weighted by Gasteiger charge is -2.35. The first-order valence-electron chi connectivity index (χ1n) is 18.0. The molecule has 3 atom stereocenters. The van der Waals surface area contributed by atoms with Crippen LogP contribution in [0.3, 0.4) is 0 Å². The van der Waals surface area contributed by atoms with Gasteiger partial charge in [0.15, 0.2) is 0 Å². The Morgan fingerprint density at radius 3 is 1.96 bits per heavy atom. The van der Waals surface area contributed by atoms with E-state index in [2.05, 4.69) is 17.6 Å². The van der Waals surface area contributed by atoms with E-state index in [9.17, 15) is 19.2 Å². The second-order valence-corrected chi connectivity index (χ2v) is 15.9. The average Bonchev–Trinajstić information content (AvgIpc) is 3.03. The van der Waals surface area contributed by atoms with Gasteiger partial charge in [0.1, 0.15) is 29.3 Å². The highest BCUT2D eigenvalue weighted by molar-refractivity contribution is 7.98. The molecule has 0 aliphatic carbocycles. The van der Waals surface area contributed by atoms with E-state index in [1.54, 1.807) is 58.2 Å². The van der Waals surface area contributed by atoms with E-state index in [-0.39, 0.29) is 12.3 Å². The van der Waals surface area contributed by atoms with Crippen LogP contribution in [0.25, 0.3) is 0 Å². The Labute approximate surface area is 305 Å². The lowest BCUT2D eigenvalue weighted by Crippen LogP contribution is -2.55. The molecule has 0 aliphatic heterocycles. The second-order valence-electron chi connectivity index (χ2n) is 14.9. The molecule has 0 fully saturated rings. The SMILES string of the molecule is CCCCCCCCN(C(=O)C(CCSC)NC(=O)OC(C)(C)C)C(C(=O)NC(Cc1ccccc1)C(=O)OC(C)(C)C)c1ccc(C)cc1. The van der Waals surface area contributed by atoms with Gasteiger partial charge in [-0.25, -0.2) is 9.59 Å². The quantitative estimate of drug-likeness (QED) is 0.112. The molecule has 2 rings (SSSR count). The van der Waals surface area contributed by atoms with Crippen LogP contribution in [0.15, 0.2) is 54.6 Å². The van der Waals surface area contributed by atoms with E-state index >= 15 is 0 Å². The summed E-state index contributed by atoms with van der Waals surface area (Å²) in [6.45, 7) is 15.1. The smallest absolute Gasteiger partial charge is 0.408 e. The van der Waals surface area contributed by atoms with Gasteiger partial charge in [0.2, 0.25) is 11.8 Å². The number of hydrogen-bond acceptors (Lipinski definition) is 7. The molecule has 3 amide bonds. The second kappa shape index (κ2) is 21.0. The highest BCUT2D eigenvalue weighted by atomic mass is 32.2. The van der Waals surface area contributed by atoms with Gasteiger partial charge in [0.25, 0.3) is 0 Å². The third-order valence-corrected chi connectivity index (χ3v) is 8.52. The van der Waals surface area contributed by atoms with Gasteiger partial charge in [0.05, 0.1) is 0 Å². The predicted molar refractivity (Wildman–Crippen MR) is 203 cm³/mol. The number of ether oxygens (including phenoxy) is 2. The predicted octanol–water partition coefficient (Wildman–Crippen LogP) is 7.94. The number of nitrogens with zero attached hydrogens (tertiary/aromatic N) is 1. The van der Waals surface area contributed by atoms with Crippen molar-refractivity contribution >= 4 is 35.6 Å². The number of carbonyl (C=O) groups excluding carboxylic acids is 4. The number of hydrogen-bond donors (Lipinski definition) is 2. The zero-order chi connectivity index (χ0) is 37.3. The van der Waals surface area contributed by atoms with E-state index in [0.29, 0.717) is 30.7 Å². The first-order chi connectivity index (χ1) is 23.5. The molecule has 0 saturated heterocycles. The zero-order valence-corrected chi connectivity index (χ0v) is 32.6. The Morgan fingerprint density at radius 2 is 1.38 bits per heavy atom. The lowest BCUT2D eigenvalue weighted by atomic mass is 9.99. The molecule has 2 aromatic carbocycles. The third kappa shape index (κ3) is 16.0. The maximum absolute atomic E-state index is 14.7. The highest BCUT2D eigenvalue weighted by Gasteiger charge is 2.38. The van der Waals surface area contributed by atoms with Crippen molar-refractivity contribution in [3.05, 3.63) is 71.3 Å². The summed E-state index contributed by atoms with van der Waals surface area (Å²) in [6, 6.07) is 13.9. The van der Waals surface area contributed by atoms with Crippen LogP contribution in [0, 0.1) is 6.92 Å². The number of alkyl carbamates (subject to hydrolysis) is 1. The van der Waals surface area contributed by atoms with E-state index in [1.165, 1.54) is 0 Å². The standard InChI is InChI=1S/C40H61N3O6S/c1-10-11-12-13-14-18-26-43(36(45)32(25-27-50-9)42-38(47)49-40(6,7)8)34(31-23-21-29(2)22-24-31)35(44)41-33(37(46)48-39(3,4)5)28-30-19-16-15-17-20-30/h15-17,19-24,32-34H,10-14,18,25-28H2,1-9H3,(H,41,44)(H,42,47). The molecule has 0 aromatic heterocycles. The average molecular weight is 712 g/mol. The summed E-state index contributed by atoms with van der Waals surface area (Å²) in [5.41, 5.74) is 0.937. The maximum Gasteiger partial charge on any atom is 0.408 e. The molecule has 9 nitrogen and oxygen atoms in total. The number of unbranched alkanes of at least 4 members (excludes halogenated alkanes) is 5. The van der Waals surface area contributed by atoms with Gasteiger partial charge in [-0.1, -0.05) is 99.2 Å². The van der Waals surface area contributed by atoms with Crippen molar-refractivity contribution in [2.45, 2.75) is 136 Å². The minimum absolute atomic E-state index is 0.212. The maximum atomic E-state index is 14.7. The molecular formula is C40H61N3O6S. The number of thioether (sulfide) groups is 1. The monoisotopic (exact) mass is 711 g/mol. The van der Waals surface area contributed by atoms with Crippen LogP contribution >= 0.6 is 11.8 Å². The molecule has 0 bridgehead atoms. The minimum atomic E-state index is -1.07. The summed E-state index contributed by atoms with van der Waals surface area (Å²) in [5.74, 6) is -0.830. The zero-order valence-electron chi connectivity index (χ0n) is 31.8. The van der Waals surface area contributed by atoms with Crippen molar-refractivity contribution in [3.63, 3.8) is 0 Å². The lowest BCUT2D eigenvalue weighted by molar-refractivity contribution is -0.159. The normalized spacial score (nSPS) is 13.5. The Bertz CT molecular complexity index is 1340. The molecule has 0 radical (unpaired) electrons. The van der Waals surface area contributed by atoms with Gasteiger partial charge in [-0.15, -0.1) is 0 Å². The van der Waals surface area contributed by atoms with Crippen molar-refractivity contribution < 1.29 is 28.7 Å². The first-order valence-corrected chi connectivity index (χ1v) is 19.4. The van der Waals surface area contributed by atoms with Crippen molar-refractivity contribution in [1.82, 2.24) is 15.5 Å². The van der Waals surface area contributed by atoms with Gasteiger partial charge in [0, 0.05) is 13.0 Å². The van der Waals surface area contributed by atoms with Crippen molar-refractivity contribution in [2.24, 2.45) is 0 Å². The third-order valence-electron chi connectivity index (χ3n) is 7.88. The molecule has 2 aromatic rings. The van der Waals surface area contributed by atoms with Crippen LogP contribution in [0.1, 0.15) is 116 Å². The Balaban J connectivity index is 2.60.